The van der Waals surface area contributed by atoms with Crippen molar-refractivity contribution < 1.29 is 4.79 Å². The summed E-state index contributed by atoms with van der Waals surface area (Å²) >= 11 is 0. The highest BCUT2D eigenvalue weighted by molar-refractivity contribution is 5.95. The Balaban J connectivity index is 2.26. The number of allylic oxidation sites excluding steroid dienone is 1. The highest BCUT2D eigenvalue weighted by Crippen LogP contribution is 2.26. The summed E-state index contributed by atoms with van der Waals surface area (Å²) in [5, 5.41) is 2.91. The summed E-state index contributed by atoms with van der Waals surface area (Å²) in [6.07, 6.45) is 3.38. The van der Waals surface area contributed by atoms with Crippen LogP contribution in [0, 0.1) is 5.92 Å². The zero-order valence-electron chi connectivity index (χ0n) is 7.99. The van der Waals surface area contributed by atoms with E-state index in [0.717, 1.165) is 18.5 Å². The van der Waals surface area contributed by atoms with Gasteiger partial charge in [-0.3, -0.25) is 4.79 Å². The molecule has 2 nitrogen and oxygen atoms in total. The summed E-state index contributed by atoms with van der Waals surface area (Å²) in [6, 6.07) is 7.94. The van der Waals surface area contributed by atoms with Gasteiger partial charge < -0.3 is 5.32 Å². The Bertz CT molecular complexity index is 370. The quantitative estimate of drug-likeness (QED) is 0.707. The van der Waals surface area contributed by atoms with Gasteiger partial charge in [-0.15, -0.1) is 6.58 Å². The zero-order valence-corrected chi connectivity index (χ0v) is 7.99. The van der Waals surface area contributed by atoms with Crippen molar-refractivity contribution in [2.45, 2.75) is 12.8 Å². The molecule has 72 valence electrons. The maximum Gasteiger partial charge on any atom is 0.228 e. The van der Waals surface area contributed by atoms with Crippen LogP contribution in [0.25, 0.3) is 0 Å². The number of hydrogen-bond donors (Lipinski definition) is 1. The number of para-hydroxylation sites is 1. The predicted molar refractivity (Wildman–Crippen MR) is 57.1 cm³/mol. The average Bonchev–Trinajstić information content (AvgIpc) is 2.19. The molecule has 1 atom stereocenters. The first kappa shape index (κ1) is 9.00. The first-order valence-electron chi connectivity index (χ1n) is 4.81. The molecule has 2 heteroatoms. The summed E-state index contributed by atoms with van der Waals surface area (Å²) in [5.74, 6) is 0.172. The molecule has 14 heavy (non-hydrogen) atoms. The molecule has 1 heterocycles. The third-order valence-electron chi connectivity index (χ3n) is 2.56. The summed E-state index contributed by atoms with van der Waals surface area (Å²) in [7, 11) is 0. The number of fused-ring (bicyclic) bond motifs is 1. The van der Waals surface area contributed by atoms with Gasteiger partial charge in [0.25, 0.3) is 0 Å². The van der Waals surface area contributed by atoms with Gasteiger partial charge in [-0.2, -0.15) is 0 Å². The van der Waals surface area contributed by atoms with E-state index >= 15 is 0 Å². The van der Waals surface area contributed by atoms with Crippen molar-refractivity contribution in [1.82, 2.24) is 0 Å². The third-order valence-corrected chi connectivity index (χ3v) is 2.56. The first-order chi connectivity index (χ1) is 6.81. The summed E-state index contributed by atoms with van der Waals surface area (Å²) < 4.78 is 0. The predicted octanol–water partition coefficient (Wildman–Crippen LogP) is 2.37. The molecule has 1 aromatic carbocycles. The Morgan fingerprint density at radius 2 is 2.29 bits per heavy atom. The molecule has 0 fully saturated rings. The van der Waals surface area contributed by atoms with Crippen LogP contribution in [0.1, 0.15) is 12.0 Å². The number of carbonyl (C=O) groups is 1. The Kier molecular flexibility index (Phi) is 2.35. The molecule has 0 saturated carbocycles. The van der Waals surface area contributed by atoms with Gasteiger partial charge in [0, 0.05) is 11.6 Å². The highest BCUT2D eigenvalue weighted by atomic mass is 16.1. The van der Waals surface area contributed by atoms with E-state index in [1.54, 1.807) is 6.08 Å². The van der Waals surface area contributed by atoms with Crippen molar-refractivity contribution in [1.29, 1.82) is 0 Å². The van der Waals surface area contributed by atoms with Crippen LogP contribution in [0.3, 0.4) is 0 Å². The van der Waals surface area contributed by atoms with Crippen LogP contribution in [0.4, 0.5) is 5.69 Å². The Hall–Kier alpha value is -1.57. The molecule has 0 bridgehead atoms. The number of nitrogens with one attached hydrogen (secondary N) is 1. The molecule has 0 aromatic heterocycles. The number of amides is 1. The van der Waals surface area contributed by atoms with Crippen LogP contribution in [0.5, 0.6) is 0 Å². The number of hydrogen-bond acceptors (Lipinski definition) is 1. The molecule has 1 aromatic rings. The lowest BCUT2D eigenvalue weighted by Gasteiger charge is -2.23. The molecule has 0 radical (unpaired) electrons. The Morgan fingerprint density at radius 1 is 1.50 bits per heavy atom. The van der Waals surface area contributed by atoms with Crippen LogP contribution in [0.15, 0.2) is 36.9 Å². The average molecular weight is 187 g/mol. The Labute approximate surface area is 83.6 Å². The molecule has 1 amide bonds. The number of anilines is 1. The smallest absolute Gasteiger partial charge is 0.228 e. The van der Waals surface area contributed by atoms with E-state index in [2.05, 4.69) is 18.0 Å². The molecular weight excluding hydrogens is 174 g/mol. The molecule has 2 rings (SSSR count). The van der Waals surface area contributed by atoms with Gasteiger partial charge in [0.1, 0.15) is 0 Å². The lowest BCUT2D eigenvalue weighted by Crippen LogP contribution is -2.29. The number of benzene rings is 1. The van der Waals surface area contributed by atoms with Gasteiger partial charge in [-0.25, -0.2) is 0 Å². The SMILES string of the molecule is C=CCC1Cc2ccccc2NC1=O. The fraction of sp³-hybridized carbons (Fsp3) is 0.250. The lowest BCUT2D eigenvalue weighted by atomic mass is 9.91. The van der Waals surface area contributed by atoms with Crippen LogP contribution < -0.4 is 5.32 Å². The molecule has 0 aliphatic carbocycles. The van der Waals surface area contributed by atoms with Gasteiger partial charge in [-0.05, 0) is 24.5 Å². The van der Waals surface area contributed by atoms with E-state index in [0.29, 0.717) is 0 Å². The Morgan fingerprint density at radius 3 is 3.07 bits per heavy atom. The van der Waals surface area contributed by atoms with Crippen LogP contribution in [-0.2, 0) is 11.2 Å². The topological polar surface area (TPSA) is 29.1 Å². The normalized spacial score (nSPS) is 19.7. The van der Waals surface area contributed by atoms with Gasteiger partial charge in [0.05, 0.1) is 0 Å². The van der Waals surface area contributed by atoms with E-state index in [4.69, 9.17) is 0 Å². The number of rotatable bonds is 2. The van der Waals surface area contributed by atoms with Gasteiger partial charge in [0.2, 0.25) is 5.91 Å². The second kappa shape index (κ2) is 3.66. The van der Waals surface area contributed by atoms with Crippen molar-refractivity contribution in [3.8, 4) is 0 Å². The largest absolute Gasteiger partial charge is 0.326 e. The minimum Gasteiger partial charge on any atom is -0.326 e. The van der Waals surface area contributed by atoms with Crippen molar-refractivity contribution in [2.75, 3.05) is 5.32 Å². The van der Waals surface area contributed by atoms with Gasteiger partial charge in [-0.1, -0.05) is 24.3 Å². The monoisotopic (exact) mass is 187 g/mol. The molecule has 0 spiro atoms. The third kappa shape index (κ3) is 1.55. The van der Waals surface area contributed by atoms with Crippen molar-refractivity contribution in [2.24, 2.45) is 5.92 Å². The minimum absolute atomic E-state index is 0.0578. The second-order valence-corrected chi connectivity index (χ2v) is 3.57. The second-order valence-electron chi connectivity index (χ2n) is 3.57. The van der Waals surface area contributed by atoms with Crippen LogP contribution >= 0.6 is 0 Å². The molecule has 1 aliphatic rings. The molecule has 1 unspecified atom stereocenters. The van der Waals surface area contributed by atoms with E-state index in [1.165, 1.54) is 5.56 Å². The summed E-state index contributed by atoms with van der Waals surface area (Å²) in [4.78, 5) is 11.6. The van der Waals surface area contributed by atoms with Crippen molar-refractivity contribution in [3.05, 3.63) is 42.5 Å². The van der Waals surface area contributed by atoms with E-state index in [9.17, 15) is 4.79 Å². The molecule has 0 saturated heterocycles. The van der Waals surface area contributed by atoms with Gasteiger partial charge in [0.15, 0.2) is 0 Å². The first-order valence-corrected chi connectivity index (χ1v) is 4.81. The van der Waals surface area contributed by atoms with Crippen LogP contribution in [-0.4, -0.2) is 5.91 Å². The van der Waals surface area contributed by atoms with E-state index < -0.39 is 0 Å². The fourth-order valence-electron chi connectivity index (χ4n) is 1.80. The number of carbonyl (C=O) groups excluding carboxylic acids is 1. The van der Waals surface area contributed by atoms with Crippen molar-refractivity contribution >= 4 is 11.6 Å². The van der Waals surface area contributed by atoms with Crippen molar-refractivity contribution in [3.63, 3.8) is 0 Å². The standard InChI is InChI=1S/C12H13NO/c1-2-5-10-8-9-6-3-4-7-11(9)13-12(10)14/h2-4,6-7,10H,1,5,8H2,(H,13,14). The minimum atomic E-state index is 0.0578. The molecule has 1 N–H and O–H groups in total. The summed E-state index contributed by atoms with van der Waals surface area (Å²) in [5.41, 5.74) is 2.18. The lowest BCUT2D eigenvalue weighted by molar-refractivity contribution is -0.120. The van der Waals surface area contributed by atoms with E-state index in [1.807, 2.05) is 18.2 Å². The molecular formula is C12H13NO. The maximum atomic E-state index is 11.6. The summed E-state index contributed by atoms with van der Waals surface area (Å²) in [6.45, 7) is 3.67. The molecule has 1 aliphatic heterocycles. The van der Waals surface area contributed by atoms with E-state index in [-0.39, 0.29) is 11.8 Å². The zero-order chi connectivity index (χ0) is 9.97. The maximum absolute atomic E-state index is 11.6. The van der Waals surface area contributed by atoms with Gasteiger partial charge >= 0.3 is 0 Å². The fourth-order valence-corrected chi connectivity index (χ4v) is 1.80. The van der Waals surface area contributed by atoms with Crippen LogP contribution in [0.2, 0.25) is 0 Å². The highest BCUT2D eigenvalue weighted by Gasteiger charge is 2.24.